The Labute approximate surface area is 152 Å². The monoisotopic (exact) mass is 353 g/mol. The molecule has 0 spiro atoms. The number of esters is 1. The predicted octanol–water partition coefficient (Wildman–Crippen LogP) is 4.10. The van der Waals surface area contributed by atoms with E-state index in [2.05, 4.69) is 15.0 Å². The Morgan fingerprint density at radius 3 is 2.73 bits per heavy atom. The van der Waals surface area contributed by atoms with Gasteiger partial charge in [-0.05, 0) is 49.6 Å². The Hall–Kier alpha value is -3.02. The molecule has 26 heavy (non-hydrogen) atoms. The number of aliphatic imine (C=N–C) groups is 1. The van der Waals surface area contributed by atoms with Crippen LogP contribution in [0.1, 0.15) is 32.4 Å². The summed E-state index contributed by atoms with van der Waals surface area (Å²) in [6.45, 7) is 3.99. The van der Waals surface area contributed by atoms with Gasteiger partial charge in [0.1, 0.15) is 5.75 Å². The fourth-order valence-electron chi connectivity index (χ4n) is 3.10. The smallest absolute Gasteiger partial charge is 0.305 e. The van der Waals surface area contributed by atoms with Crippen LogP contribution in [0.5, 0.6) is 5.75 Å². The van der Waals surface area contributed by atoms with Crippen LogP contribution in [0.25, 0.3) is 17.5 Å². The number of hydrogen-bond donors (Lipinski definition) is 2. The molecule has 0 aliphatic carbocycles. The zero-order valence-corrected chi connectivity index (χ0v) is 15.5. The van der Waals surface area contributed by atoms with E-state index in [1.807, 2.05) is 44.3 Å². The highest BCUT2D eigenvalue weighted by Crippen LogP contribution is 2.33. The minimum Gasteiger partial charge on any atom is -0.494 e. The van der Waals surface area contributed by atoms with E-state index < -0.39 is 0 Å². The molecule has 0 amide bonds. The molecule has 3 heterocycles. The highest BCUT2D eigenvalue weighted by molar-refractivity contribution is 6.04. The van der Waals surface area contributed by atoms with Crippen LogP contribution in [0.4, 0.5) is 0 Å². The molecule has 6 nitrogen and oxygen atoms in total. The molecule has 0 radical (unpaired) electrons. The standard InChI is InChI=1S/C20H23N3O3/c1-12-14(7-8-20(24)26-4)13(2)22-16(12)10-18-19(25-3)11-17(23-18)15-6-5-9-21-15/h5-6,9-11,21,23H,7-8H2,1-4H3/b16-10-. The van der Waals surface area contributed by atoms with Crippen molar-refractivity contribution in [3.63, 3.8) is 0 Å². The molecule has 0 atom stereocenters. The summed E-state index contributed by atoms with van der Waals surface area (Å²) in [7, 11) is 3.06. The first-order valence-corrected chi connectivity index (χ1v) is 8.48. The van der Waals surface area contributed by atoms with E-state index in [0.29, 0.717) is 12.8 Å². The Morgan fingerprint density at radius 1 is 1.27 bits per heavy atom. The highest BCUT2D eigenvalue weighted by Gasteiger charge is 2.20. The molecule has 0 fully saturated rings. The van der Waals surface area contributed by atoms with Gasteiger partial charge >= 0.3 is 5.97 Å². The summed E-state index contributed by atoms with van der Waals surface area (Å²) in [6.07, 6.45) is 4.84. The third-order valence-corrected chi connectivity index (χ3v) is 4.57. The van der Waals surface area contributed by atoms with Crippen LogP contribution in [0.2, 0.25) is 0 Å². The molecule has 3 rings (SSSR count). The first-order chi connectivity index (χ1) is 12.5. The van der Waals surface area contributed by atoms with Gasteiger partial charge in [-0.3, -0.25) is 9.79 Å². The Balaban J connectivity index is 1.90. The summed E-state index contributed by atoms with van der Waals surface area (Å²) < 4.78 is 10.2. The second-order valence-corrected chi connectivity index (χ2v) is 6.16. The van der Waals surface area contributed by atoms with Gasteiger partial charge in [0.25, 0.3) is 0 Å². The minimum absolute atomic E-state index is 0.211. The van der Waals surface area contributed by atoms with E-state index in [9.17, 15) is 4.79 Å². The summed E-state index contributed by atoms with van der Waals surface area (Å²) >= 11 is 0. The van der Waals surface area contributed by atoms with E-state index in [-0.39, 0.29) is 5.97 Å². The van der Waals surface area contributed by atoms with Gasteiger partial charge in [0.2, 0.25) is 0 Å². The number of rotatable bonds is 6. The Kier molecular flexibility index (Phi) is 5.11. The molecule has 1 aliphatic heterocycles. The van der Waals surface area contributed by atoms with Crippen LogP contribution in [0.15, 0.2) is 46.2 Å². The van der Waals surface area contributed by atoms with Crippen molar-refractivity contribution in [2.24, 2.45) is 4.99 Å². The normalized spacial score (nSPS) is 15.5. The molecule has 0 unspecified atom stereocenters. The van der Waals surface area contributed by atoms with Crippen molar-refractivity contribution in [3.8, 4) is 17.1 Å². The quantitative estimate of drug-likeness (QED) is 0.767. The SMILES string of the molecule is COC(=O)CCC1=C(C)/C(=C/c2[nH]c(-c3ccc[nH]3)cc2OC)N=C1C. The van der Waals surface area contributed by atoms with Gasteiger partial charge in [0.15, 0.2) is 0 Å². The highest BCUT2D eigenvalue weighted by atomic mass is 16.5. The van der Waals surface area contributed by atoms with E-state index in [0.717, 1.165) is 45.4 Å². The largest absolute Gasteiger partial charge is 0.494 e. The van der Waals surface area contributed by atoms with E-state index >= 15 is 0 Å². The summed E-state index contributed by atoms with van der Waals surface area (Å²) in [4.78, 5) is 22.6. The lowest BCUT2D eigenvalue weighted by Crippen LogP contribution is -2.03. The third-order valence-electron chi connectivity index (χ3n) is 4.57. The summed E-state index contributed by atoms with van der Waals surface area (Å²) in [5.41, 5.74) is 6.78. The summed E-state index contributed by atoms with van der Waals surface area (Å²) in [5.74, 6) is 0.544. The maximum absolute atomic E-state index is 11.4. The topological polar surface area (TPSA) is 79.5 Å². The molecule has 2 N–H and O–H groups in total. The number of nitrogens with one attached hydrogen (secondary N) is 2. The molecule has 2 aromatic rings. The first kappa shape index (κ1) is 17.8. The van der Waals surface area contributed by atoms with Crippen molar-refractivity contribution < 1.29 is 14.3 Å². The number of carbonyl (C=O) groups is 1. The average Bonchev–Trinajstić information content (AvgIpc) is 3.34. The summed E-state index contributed by atoms with van der Waals surface area (Å²) in [6, 6.07) is 5.91. The lowest BCUT2D eigenvalue weighted by Gasteiger charge is -2.04. The van der Waals surface area contributed by atoms with E-state index in [1.54, 1.807) is 7.11 Å². The number of nitrogens with zero attached hydrogens (tertiary/aromatic N) is 1. The maximum Gasteiger partial charge on any atom is 0.305 e. The van der Waals surface area contributed by atoms with Gasteiger partial charge in [-0.2, -0.15) is 0 Å². The lowest BCUT2D eigenvalue weighted by molar-refractivity contribution is -0.140. The van der Waals surface area contributed by atoms with Gasteiger partial charge in [-0.1, -0.05) is 0 Å². The second kappa shape index (κ2) is 7.47. The Morgan fingerprint density at radius 2 is 2.08 bits per heavy atom. The van der Waals surface area contributed by atoms with Gasteiger partial charge < -0.3 is 19.4 Å². The van der Waals surface area contributed by atoms with Gasteiger partial charge in [-0.15, -0.1) is 0 Å². The predicted molar refractivity (Wildman–Crippen MR) is 102 cm³/mol. The number of carbonyl (C=O) groups excluding carboxylic acids is 1. The molecule has 0 saturated heterocycles. The van der Waals surface area contributed by atoms with Crippen LogP contribution < -0.4 is 4.74 Å². The lowest BCUT2D eigenvalue weighted by atomic mass is 10.0. The van der Waals surface area contributed by atoms with E-state index in [1.165, 1.54) is 7.11 Å². The molecule has 0 bridgehead atoms. The molecule has 136 valence electrons. The van der Waals surface area contributed by atoms with Crippen LogP contribution in [-0.2, 0) is 9.53 Å². The summed E-state index contributed by atoms with van der Waals surface area (Å²) in [5, 5.41) is 0. The molecule has 1 aliphatic rings. The van der Waals surface area contributed by atoms with Crippen molar-refractivity contribution >= 4 is 17.8 Å². The number of H-pyrrole nitrogens is 2. The van der Waals surface area contributed by atoms with Crippen molar-refractivity contribution in [1.29, 1.82) is 0 Å². The van der Waals surface area contributed by atoms with Crippen molar-refractivity contribution in [1.82, 2.24) is 9.97 Å². The van der Waals surface area contributed by atoms with Crippen LogP contribution in [0.3, 0.4) is 0 Å². The minimum atomic E-state index is -0.211. The van der Waals surface area contributed by atoms with Crippen LogP contribution in [-0.4, -0.2) is 35.9 Å². The number of ether oxygens (including phenoxy) is 2. The third kappa shape index (κ3) is 3.49. The van der Waals surface area contributed by atoms with Gasteiger partial charge in [0, 0.05) is 24.4 Å². The van der Waals surface area contributed by atoms with Crippen LogP contribution >= 0.6 is 0 Å². The second-order valence-electron chi connectivity index (χ2n) is 6.16. The fraction of sp³-hybridized carbons (Fsp3) is 0.300. The number of hydrogen-bond acceptors (Lipinski definition) is 4. The molecular formula is C20H23N3O3. The molecule has 2 aromatic heterocycles. The van der Waals surface area contributed by atoms with Crippen molar-refractivity contribution in [2.75, 3.05) is 14.2 Å². The Bertz CT molecular complexity index is 899. The molecular weight excluding hydrogens is 330 g/mol. The first-order valence-electron chi connectivity index (χ1n) is 8.48. The van der Waals surface area contributed by atoms with Crippen molar-refractivity contribution in [3.05, 3.63) is 46.9 Å². The number of aromatic nitrogens is 2. The fourth-order valence-corrected chi connectivity index (χ4v) is 3.10. The molecule has 6 heteroatoms. The number of allylic oxidation sites excluding steroid dienone is 2. The number of aromatic amines is 2. The zero-order chi connectivity index (χ0) is 18.7. The van der Waals surface area contributed by atoms with Gasteiger partial charge in [-0.25, -0.2) is 0 Å². The van der Waals surface area contributed by atoms with Crippen molar-refractivity contribution in [2.45, 2.75) is 26.7 Å². The van der Waals surface area contributed by atoms with Crippen LogP contribution in [0, 0.1) is 0 Å². The zero-order valence-electron chi connectivity index (χ0n) is 15.5. The molecule has 0 saturated carbocycles. The maximum atomic E-state index is 11.4. The average molecular weight is 353 g/mol. The van der Waals surface area contributed by atoms with E-state index in [4.69, 9.17) is 9.47 Å². The van der Waals surface area contributed by atoms with Gasteiger partial charge in [0.05, 0.1) is 37.0 Å². The number of methoxy groups -OCH3 is 2. The molecule has 0 aromatic carbocycles.